The van der Waals surface area contributed by atoms with Crippen molar-refractivity contribution in [2.75, 3.05) is 19.6 Å². The summed E-state index contributed by atoms with van der Waals surface area (Å²) in [6.07, 6.45) is 6.77. The van der Waals surface area contributed by atoms with Crippen LogP contribution in [0, 0.1) is 0 Å². The zero-order chi connectivity index (χ0) is 29.8. The van der Waals surface area contributed by atoms with Gasteiger partial charge >= 0.3 is 12.2 Å². The van der Waals surface area contributed by atoms with Crippen molar-refractivity contribution >= 4 is 18.1 Å². The number of hydrogen-bond acceptors (Lipinski definition) is 6. The highest BCUT2D eigenvalue weighted by atomic mass is 16.6. The van der Waals surface area contributed by atoms with Crippen LogP contribution in [0.5, 0.6) is 0 Å². The average Bonchev–Trinajstić information content (AvgIpc) is 3.97. The molecule has 4 aliphatic rings. The molecule has 6 rings (SSSR count). The molecule has 2 saturated heterocycles. The van der Waals surface area contributed by atoms with E-state index < -0.39 is 0 Å². The first-order chi connectivity index (χ1) is 21.0. The van der Waals surface area contributed by atoms with Crippen molar-refractivity contribution in [1.29, 1.82) is 0 Å². The summed E-state index contributed by atoms with van der Waals surface area (Å²) in [7, 11) is 0. The van der Waals surface area contributed by atoms with Gasteiger partial charge in [0.25, 0.3) is 0 Å². The van der Waals surface area contributed by atoms with E-state index in [0.29, 0.717) is 31.7 Å². The van der Waals surface area contributed by atoms with Crippen molar-refractivity contribution in [1.82, 2.24) is 19.6 Å². The number of likely N-dealkylation sites (tertiary alicyclic amines) is 2. The fourth-order valence-corrected chi connectivity index (χ4v) is 6.96. The second-order valence-electron chi connectivity index (χ2n) is 12.5. The van der Waals surface area contributed by atoms with Gasteiger partial charge in [0.15, 0.2) is 0 Å². The molecule has 2 aliphatic carbocycles. The van der Waals surface area contributed by atoms with Crippen molar-refractivity contribution in [3.05, 3.63) is 71.8 Å². The van der Waals surface area contributed by atoms with Crippen LogP contribution in [-0.2, 0) is 27.5 Å². The second kappa shape index (κ2) is 13.4. The van der Waals surface area contributed by atoms with Gasteiger partial charge in [-0.2, -0.15) is 0 Å². The van der Waals surface area contributed by atoms with Crippen LogP contribution in [0.3, 0.4) is 0 Å². The summed E-state index contributed by atoms with van der Waals surface area (Å²) in [6.45, 7) is 3.99. The molecule has 2 aliphatic heterocycles. The van der Waals surface area contributed by atoms with Crippen molar-refractivity contribution in [2.24, 2.45) is 0 Å². The zero-order valence-corrected chi connectivity index (χ0v) is 25.2. The highest BCUT2D eigenvalue weighted by molar-refractivity contribution is 5.74. The van der Waals surface area contributed by atoms with Gasteiger partial charge in [-0.3, -0.25) is 14.6 Å². The predicted octanol–water partition coefficient (Wildman–Crippen LogP) is 5.39. The van der Waals surface area contributed by atoms with Crippen LogP contribution in [0.25, 0.3) is 0 Å². The van der Waals surface area contributed by atoms with Gasteiger partial charge in [0.2, 0.25) is 5.91 Å². The minimum Gasteiger partial charge on any atom is -0.445 e. The molecule has 9 heteroatoms. The number of rotatable bonds is 9. The Bertz CT molecular complexity index is 1240. The molecule has 2 atom stereocenters. The topological polar surface area (TPSA) is 82.6 Å². The van der Waals surface area contributed by atoms with Crippen molar-refractivity contribution in [3.8, 4) is 0 Å². The Morgan fingerprint density at radius 3 is 1.72 bits per heavy atom. The van der Waals surface area contributed by atoms with Crippen LogP contribution in [0.4, 0.5) is 9.59 Å². The summed E-state index contributed by atoms with van der Waals surface area (Å²) in [6, 6.07) is 20.6. The maximum atomic E-state index is 13.6. The maximum Gasteiger partial charge on any atom is 0.411 e. The van der Waals surface area contributed by atoms with E-state index in [1.54, 1.807) is 6.92 Å². The summed E-state index contributed by atoms with van der Waals surface area (Å²) < 4.78 is 11.5. The molecule has 0 aromatic heterocycles. The molecule has 0 spiro atoms. The molecule has 2 unspecified atom stereocenters. The first-order valence-electron chi connectivity index (χ1n) is 16.0. The predicted molar refractivity (Wildman–Crippen MR) is 162 cm³/mol. The summed E-state index contributed by atoms with van der Waals surface area (Å²) in [5.41, 5.74) is 1.94. The Kier molecular flexibility index (Phi) is 9.17. The third kappa shape index (κ3) is 7.32. The molecule has 2 aromatic rings. The highest BCUT2D eigenvalue weighted by Crippen LogP contribution is 2.40. The number of carbonyl (C=O) groups is 3. The molecule has 2 saturated carbocycles. The lowest BCUT2D eigenvalue weighted by molar-refractivity contribution is -0.134. The van der Waals surface area contributed by atoms with Crippen LogP contribution >= 0.6 is 0 Å². The highest BCUT2D eigenvalue weighted by Gasteiger charge is 2.48. The molecule has 4 fully saturated rings. The van der Waals surface area contributed by atoms with Crippen LogP contribution < -0.4 is 0 Å². The molecule has 0 radical (unpaired) electrons. The second-order valence-corrected chi connectivity index (χ2v) is 12.5. The van der Waals surface area contributed by atoms with Gasteiger partial charge < -0.3 is 19.3 Å². The molecular formula is C34H44N4O5. The minimum absolute atomic E-state index is 0.113. The SMILES string of the molecule is CC(=O)N(C1CC1)C1CCN(C(=O)OCc2ccccc2)C(N(C2CC2)C2CCN(C(=O)OCc3ccccc3)CC2)C1. The van der Waals surface area contributed by atoms with Crippen molar-refractivity contribution in [3.63, 3.8) is 0 Å². The van der Waals surface area contributed by atoms with Gasteiger partial charge in [0, 0.05) is 57.1 Å². The van der Waals surface area contributed by atoms with E-state index in [0.717, 1.165) is 62.5 Å². The molecule has 230 valence electrons. The molecule has 3 amide bonds. The van der Waals surface area contributed by atoms with Gasteiger partial charge in [-0.05, 0) is 56.1 Å². The summed E-state index contributed by atoms with van der Waals surface area (Å²) in [5.74, 6) is 0.131. The lowest BCUT2D eigenvalue weighted by atomic mass is 9.95. The van der Waals surface area contributed by atoms with Gasteiger partial charge in [-0.1, -0.05) is 60.7 Å². The maximum absolute atomic E-state index is 13.6. The number of amides is 3. The Labute approximate surface area is 254 Å². The summed E-state index contributed by atoms with van der Waals surface area (Å²) >= 11 is 0. The van der Waals surface area contributed by atoms with Crippen LogP contribution in [0.2, 0.25) is 0 Å². The Morgan fingerprint density at radius 2 is 1.19 bits per heavy atom. The smallest absolute Gasteiger partial charge is 0.411 e. The fourth-order valence-electron chi connectivity index (χ4n) is 6.96. The molecule has 2 heterocycles. The minimum atomic E-state index is -0.291. The molecule has 0 N–H and O–H groups in total. The van der Waals surface area contributed by atoms with Gasteiger partial charge in [0.1, 0.15) is 13.2 Å². The van der Waals surface area contributed by atoms with Gasteiger partial charge in [-0.15, -0.1) is 0 Å². The number of piperidine rings is 2. The molecule has 43 heavy (non-hydrogen) atoms. The first kappa shape index (κ1) is 29.5. The Morgan fingerprint density at radius 1 is 0.674 bits per heavy atom. The number of hydrogen-bond donors (Lipinski definition) is 0. The third-order valence-electron chi connectivity index (χ3n) is 9.34. The van der Waals surface area contributed by atoms with E-state index in [4.69, 9.17) is 9.47 Å². The van der Waals surface area contributed by atoms with Gasteiger partial charge in [-0.25, -0.2) is 9.59 Å². The van der Waals surface area contributed by atoms with E-state index in [9.17, 15) is 14.4 Å². The lowest BCUT2D eigenvalue weighted by Crippen LogP contribution is -2.63. The average molecular weight is 589 g/mol. The largest absolute Gasteiger partial charge is 0.445 e. The lowest BCUT2D eigenvalue weighted by Gasteiger charge is -2.50. The normalized spacial score (nSPS) is 22.7. The number of carbonyl (C=O) groups excluding carboxylic acids is 3. The van der Waals surface area contributed by atoms with Crippen LogP contribution in [0.15, 0.2) is 60.7 Å². The Hall–Kier alpha value is -3.59. The van der Waals surface area contributed by atoms with Gasteiger partial charge in [0.05, 0.1) is 6.17 Å². The zero-order valence-electron chi connectivity index (χ0n) is 25.2. The monoisotopic (exact) mass is 588 g/mol. The molecule has 9 nitrogen and oxygen atoms in total. The first-order valence-corrected chi connectivity index (χ1v) is 16.0. The van der Waals surface area contributed by atoms with Crippen molar-refractivity contribution in [2.45, 2.75) is 102 Å². The molecular weight excluding hydrogens is 544 g/mol. The van der Waals surface area contributed by atoms with E-state index in [2.05, 4.69) is 9.80 Å². The van der Waals surface area contributed by atoms with E-state index in [-0.39, 0.29) is 49.6 Å². The Balaban J connectivity index is 1.14. The third-order valence-corrected chi connectivity index (χ3v) is 9.34. The standard InChI is InChI=1S/C34H44N4O5/c1-25(39)37(28-12-13-28)31-18-21-36(34(41)43-24-27-10-6-3-7-11-27)32(22-31)38(29-14-15-29)30-16-19-35(20-17-30)33(40)42-23-26-8-4-2-5-9-26/h2-11,28-32H,12-24H2,1H3. The van der Waals surface area contributed by atoms with E-state index in [1.165, 1.54) is 0 Å². The summed E-state index contributed by atoms with van der Waals surface area (Å²) in [4.78, 5) is 47.6. The van der Waals surface area contributed by atoms with E-state index in [1.807, 2.05) is 70.5 Å². The number of benzene rings is 2. The molecule has 2 aromatic carbocycles. The number of nitrogens with zero attached hydrogens (tertiary/aromatic N) is 4. The quantitative estimate of drug-likeness (QED) is 0.391. The van der Waals surface area contributed by atoms with Crippen LogP contribution in [-0.4, -0.2) is 87.7 Å². The number of ether oxygens (including phenoxy) is 2. The molecule has 0 bridgehead atoms. The van der Waals surface area contributed by atoms with E-state index >= 15 is 0 Å². The van der Waals surface area contributed by atoms with Crippen molar-refractivity contribution < 1.29 is 23.9 Å². The fraction of sp³-hybridized carbons (Fsp3) is 0.559. The summed E-state index contributed by atoms with van der Waals surface area (Å²) in [5, 5.41) is 0. The van der Waals surface area contributed by atoms with Crippen LogP contribution in [0.1, 0.15) is 69.4 Å².